The summed E-state index contributed by atoms with van der Waals surface area (Å²) in [6.45, 7) is 3.21. The SMILES string of the molecule is O=S(=O)(O)Oc1ccc(N2CCNCC2)c(Cl)c1Cl. The molecule has 9 heteroatoms. The predicted octanol–water partition coefficient (Wildman–Crippen LogP) is 1.58. The van der Waals surface area contributed by atoms with Gasteiger partial charge in [-0.15, -0.1) is 0 Å². The Morgan fingerprint density at radius 1 is 1.21 bits per heavy atom. The van der Waals surface area contributed by atoms with Crippen LogP contribution >= 0.6 is 23.2 Å². The lowest BCUT2D eigenvalue weighted by Crippen LogP contribution is -2.43. The van der Waals surface area contributed by atoms with E-state index >= 15 is 0 Å². The summed E-state index contributed by atoms with van der Waals surface area (Å²) in [4.78, 5) is 2.03. The minimum Gasteiger partial charge on any atom is -0.368 e. The molecule has 1 aromatic rings. The maximum atomic E-state index is 10.7. The van der Waals surface area contributed by atoms with E-state index in [0.29, 0.717) is 5.69 Å². The van der Waals surface area contributed by atoms with Crippen LogP contribution in [0.5, 0.6) is 5.75 Å². The molecule has 0 saturated carbocycles. The molecule has 0 atom stereocenters. The van der Waals surface area contributed by atoms with E-state index in [4.69, 9.17) is 27.8 Å². The van der Waals surface area contributed by atoms with Crippen LogP contribution in [0.2, 0.25) is 10.0 Å². The van der Waals surface area contributed by atoms with Crippen LogP contribution in [0.25, 0.3) is 0 Å². The molecular formula is C10H12Cl2N2O4S. The summed E-state index contributed by atoms with van der Waals surface area (Å²) in [5.74, 6) is -0.201. The van der Waals surface area contributed by atoms with Gasteiger partial charge < -0.3 is 14.4 Å². The highest BCUT2D eigenvalue weighted by Gasteiger charge is 2.20. The van der Waals surface area contributed by atoms with Crippen molar-refractivity contribution < 1.29 is 17.2 Å². The second-order valence-electron chi connectivity index (χ2n) is 3.96. The predicted molar refractivity (Wildman–Crippen MR) is 73.7 cm³/mol. The Morgan fingerprint density at radius 3 is 2.42 bits per heavy atom. The van der Waals surface area contributed by atoms with Crippen molar-refractivity contribution in [3.05, 3.63) is 22.2 Å². The highest BCUT2D eigenvalue weighted by molar-refractivity contribution is 7.81. The third kappa shape index (κ3) is 3.64. The third-order valence-corrected chi connectivity index (χ3v) is 3.92. The van der Waals surface area contributed by atoms with Crippen molar-refractivity contribution in [1.82, 2.24) is 5.32 Å². The zero-order chi connectivity index (χ0) is 14.0. The van der Waals surface area contributed by atoms with Crippen molar-refractivity contribution in [1.29, 1.82) is 0 Å². The van der Waals surface area contributed by atoms with E-state index in [9.17, 15) is 8.42 Å². The van der Waals surface area contributed by atoms with Gasteiger partial charge in [0, 0.05) is 26.2 Å². The zero-order valence-electron chi connectivity index (χ0n) is 9.77. The zero-order valence-corrected chi connectivity index (χ0v) is 12.1. The van der Waals surface area contributed by atoms with Gasteiger partial charge in [-0.25, -0.2) is 0 Å². The van der Waals surface area contributed by atoms with Crippen LogP contribution in [0.4, 0.5) is 5.69 Å². The van der Waals surface area contributed by atoms with Gasteiger partial charge in [-0.2, -0.15) is 8.42 Å². The Labute approximate surface area is 121 Å². The number of halogens is 2. The number of benzene rings is 1. The van der Waals surface area contributed by atoms with E-state index in [1.165, 1.54) is 6.07 Å². The summed E-state index contributed by atoms with van der Waals surface area (Å²) in [5, 5.41) is 3.36. The Balaban J connectivity index is 2.31. The second kappa shape index (κ2) is 5.72. The van der Waals surface area contributed by atoms with Gasteiger partial charge in [-0.1, -0.05) is 23.2 Å². The fraction of sp³-hybridized carbons (Fsp3) is 0.400. The third-order valence-electron chi connectivity index (χ3n) is 2.68. The molecule has 1 aliphatic heterocycles. The monoisotopic (exact) mass is 326 g/mol. The first-order chi connectivity index (χ1) is 8.88. The Kier molecular flexibility index (Phi) is 4.42. The first kappa shape index (κ1) is 14.7. The molecule has 0 spiro atoms. The molecule has 0 aliphatic carbocycles. The van der Waals surface area contributed by atoms with E-state index in [2.05, 4.69) is 9.50 Å². The van der Waals surface area contributed by atoms with Gasteiger partial charge in [0.2, 0.25) is 0 Å². The van der Waals surface area contributed by atoms with Crippen molar-refractivity contribution in [2.24, 2.45) is 0 Å². The summed E-state index contributed by atoms with van der Waals surface area (Å²) < 4.78 is 34.3. The van der Waals surface area contributed by atoms with Crippen molar-refractivity contribution in [2.45, 2.75) is 0 Å². The fourth-order valence-corrected chi connectivity index (χ4v) is 2.73. The summed E-state index contributed by atoms with van der Waals surface area (Å²) in [6.07, 6.45) is 0. The number of rotatable bonds is 3. The molecule has 1 saturated heterocycles. The normalized spacial score (nSPS) is 16.5. The van der Waals surface area contributed by atoms with Gasteiger partial charge in [-0.3, -0.25) is 4.55 Å². The van der Waals surface area contributed by atoms with Crippen molar-refractivity contribution >= 4 is 39.3 Å². The van der Waals surface area contributed by atoms with Crippen molar-refractivity contribution in [3.63, 3.8) is 0 Å². The Bertz CT molecular complexity index is 573. The molecule has 2 N–H and O–H groups in total. The van der Waals surface area contributed by atoms with E-state index in [-0.39, 0.29) is 15.8 Å². The molecule has 0 unspecified atom stereocenters. The van der Waals surface area contributed by atoms with E-state index in [1.807, 2.05) is 4.90 Å². The standard InChI is InChI=1S/C10H12Cl2N2O4S/c11-9-7(14-5-3-13-4-6-14)1-2-8(10(9)12)18-19(15,16)17/h1-2,13H,3-6H2,(H,15,16,17). The number of hydrogen-bond donors (Lipinski definition) is 2. The molecular weight excluding hydrogens is 315 g/mol. The second-order valence-corrected chi connectivity index (χ2v) is 5.74. The summed E-state index contributed by atoms with van der Waals surface area (Å²) in [7, 11) is -4.62. The van der Waals surface area contributed by atoms with E-state index in [0.717, 1.165) is 26.2 Å². The molecule has 0 aromatic heterocycles. The number of nitrogens with zero attached hydrogens (tertiary/aromatic N) is 1. The van der Waals surface area contributed by atoms with E-state index < -0.39 is 10.4 Å². The molecule has 19 heavy (non-hydrogen) atoms. The Morgan fingerprint density at radius 2 is 1.84 bits per heavy atom. The molecule has 0 amide bonds. The number of nitrogens with one attached hydrogen (secondary N) is 1. The van der Waals surface area contributed by atoms with Crippen LogP contribution in [0.1, 0.15) is 0 Å². The fourth-order valence-electron chi connectivity index (χ4n) is 1.85. The topological polar surface area (TPSA) is 78.9 Å². The first-order valence-corrected chi connectivity index (χ1v) is 7.61. The summed E-state index contributed by atoms with van der Waals surface area (Å²) in [6, 6.07) is 2.97. The molecule has 0 radical (unpaired) electrons. The van der Waals surface area contributed by atoms with E-state index in [1.54, 1.807) is 6.07 Å². The molecule has 1 aromatic carbocycles. The molecule has 1 fully saturated rings. The van der Waals surface area contributed by atoms with Crippen LogP contribution in [0, 0.1) is 0 Å². The molecule has 2 rings (SSSR count). The average molecular weight is 327 g/mol. The van der Waals surface area contributed by atoms with Gasteiger partial charge in [0.1, 0.15) is 5.02 Å². The van der Waals surface area contributed by atoms with Gasteiger partial charge in [0.25, 0.3) is 0 Å². The molecule has 1 aliphatic rings. The lowest BCUT2D eigenvalue weighted by atomic mass is 10.2. The number of piperazine rings is 1. The number of hydrogen-bond acceptors (Lipinski definition) is 5. The lowest BCUT2D eigenvalue weighted by Gasteiger charge is -2.30. The average Bonchev–Trinajstić information content (AvgIpc) is 2.35. The Hall–Kier alpha value is -0.730. The summed E-state index contributed by atoms with van der Waals surface area (Å²) in [5.41, 5.74) is 0.704. The van der Waals surface area contributed by atoms with Gasteiger partial charge >= 0.3 is 10.4 Å². The smallest absolute Gasteiger partial charge is 0.368 e. The van der Waals surface area contributed by atoms with Gasteiger partial charge in [0.05, 0.1) is 10.7 Å². The summed E-state index contributed by atoms with van der Waals surface area (Å²) >= 11 is 12.1. The highest BCUT2D eigenvalue weighted by atomic mass is 35.5. The lowest BCUT2D eigenvalue weighted by molar-refractivity contribution is 0.387. The van der Waals surface area contributed by atoms with Crippen molar-refractivity contribution in [3.8, 4) is 5.75 Å². The van der Waals surface area contributed by atoms with Crippen LogP contribution in [-0.2, 0) is 10.4 Å². The van der Waals surface area contributed by atoms with Crippen molar-refractivity contribution in [2.75, 3.05) is 31.1 Å². The molecule has 1 heterocycles. The minimum absolute atomic E-state index is 0.0460. The first-order valence-electron chi connectivity index (χ1n) is 5.49. The maximum absolute atomic E-state index is 10.7. The van der Waals surface area contributed by atoms with Gasteiger partial charge in [0.15, 0.2) is 5.75 Å². The molecule has 106 valence electrons. The van der Waals surface area contributed by atoms with Gasteiger partial charge in [-0.05, 0) is 12.1 Å². The maximum Gasteiger partial charge on any atom is 0.446 e. The quantitative estimate of drug-likeness (QED) is 0.821. The largest absolute Gasteiger partial charge is 0.446 e. The van der Waals surface area contributed by atoms with Crippen LogP contribution < -0.4 is 14.4 Å². The van der Waals surface area contributed by atoms with Crippen LogP contribution in [-0.4, -0.2) is 39.1 Å². The minimum atomic E-state index is -4.62. The molecule has 0 bridgehead atoms. The molecule has 6 nitrogen and oxygen atoms in total. The highest BCUT2D eigenvalue weighted by Crippen LogP contribution is 2.39. The number of anilines is 1. The van der Waals surface area contributed by atoms with Crippen LogP contribution in [0.15, 0.2) is 12.1 Å². The van der Waals surface area contributed by atoms with Crippen LogP contribution in [0.3, 0.4) is 0 Å².